The number of urea groups is 1. The van der Waals surface area contributed by atoms with Gasteiger partial charge in [-0.3, -0.25) is 0 Å². The Morgan fingerprint density at radius 1 is 1.57 bits per heavy atom. The minimum atomic E-state index is -1.04. The molecule has 21 heavy (non-hydrogen) atoms. The zero-order valence-corrected chi connectivity index (χ0v) is 13.4. The maximum absolute atomic E-state index is 12.0. The number of nitrogens with one attached hydrogen (secondary N) is 2. The first kappa shape index (κ1) is 16.3. The number of carbonyl (C=O) groups excluding carboxylic acids is 1. The third kappa shape index (κ3) is 4.69. The van der Waals surface area contributed by atoms with E-state index in [-0.39, 0.29) is 18.6 Å². The van der Waals surface area contributed by atoms with Crippen LogP contribution in [0.1, 0.15) is 32.3 Å². The predicted octanol–water partition coefficient (Wildman–Crippen LogP) is 2.07. The number of amides is 2. The van der Waals surface area contributed by atoms with Gasteiger partial charge < -0.3 is 20.5 Å². The van der Waals surface area contributed by atoms with Crippen molar-refractivity contribution >= 4 is 17.4 Å². The van der Waals surface area contributed by atoms with Gasteiger partial charge in [0.15, 0.2) is 0 Å². The molecule has 1 saturated heterocycles. The number of carbonyl (C=O) groups is 1. The lowest BCUT2D eigenvalue weighted by Gasteiger charge is -2.29. The van der Waals surface area contributed by atoms with Gasteiger partial charge in [0.25, 0.3) is 0 Å². The third-order valence-electron chi connectivity index (χ3n) is 4.07. The molecule has 1 fully saturated rings. The quantitative estimate of drug-likeness (QED) is 0.779. The lowest BCUT2D eigenvalue weighted by molar-refractivity contribution is 0.0544. The molecule has 1 aliphatic rings. The van der Waals surface area contributed by atoms with Crippen LogP contribution in [0.3, 0.4) is 0 Å². The van der Waals surface area contributed by atoms with Crippen molar-refractivity contribution in [3.63, 3.8) is 0 Å². The molecule has 1 aromatic heterocycles. The highest BCUT2D eigenvalue weighted by Gasteiger charge is 2.26. The van der Waals surface area contributed by atoms with Crippen LogP contribution in [0.4, 0.5) is 4.79 Å². The highest BCUT2D eigenvalue weighted by atomic mass is 32.1. The summed E-state index contributed by atoms with van der Waals surface area (Å²) in [6.07, 6.45) is 1.96. The Kier molecular flexibility index (Phi) is 5.61. The predicted molar refractivity (Wildman–Crippen MR) is 83.4 cm³/mol. The number of hydrogen-bond donors (Lipinski definition) is 3. The Balaban J connectivity index is 1.76. The van der Waals surface area contributed by atoms with Crippen molar-refractivity contribution in [1.29, 1.82) is 0 Å². The molecule has 2 heterocycles. The monoisotopic (exact) mass is 312 g/mol. The van der Waals surface area contributed by atoms with E-state index < -0.39 is 5.60 Å². The number of ether oxygens (including phenoxy) is 1. The summed E-state index contributed by atoms with van der Waals surface area (Å²) in [5, 5.41) is 19.9. The second kappa shape index (κ2) is 7.24. The molecule has 0 spiro atoms. The van der Waals surface area contributed by atoms with Gasteiger partial charge in [-0.1, -0.05) is 0 Å². The zero-order chi connectivity index (χ0) is 15.3. The average molecular weight is 312 g/mol. The molecule has 0 aromatic carbocycles. The molecule has 0 saturated carbocycles. The Morgan fingerprint density at radius 3 is 2.90 bits per heavy atom. The van der Waals surface area contributed by atoms with E-state index in [1.54, 1.807) is 6.92 Å². The fourth-order valence-electron chi connectivity index (χ4n) is 2.52. The molecule has 2 rings (SSSR count). The van der Waals surface area contributed by atoms with Gasteiger partial charge in [0.1, 0.15) is 5.60 Å². The van der Waals surface area contributed by atoms with Crippen molar-refractivity contribution < 1.29 is 14.6 Å². The molecule has 1 aromatic rings. The summed E-state index contributed by atoms with van der Waals surface area (Å²) < 4.78 is 5.33. The highest BCUT2D eigenvalue weighted by Crippen LogP contribution is 2.22. The van der Waals surface area contributed by atoms with E-state index >= 15 is 0 Å². The second-order valence-electron chi connectivity index (χ2n) is 5.85. The summed E-state index contributed by atoms with van der Waals surface area (Å²) in [6, 6.07) is 1.75. The van der Waals surface area contributed by atoms with Crippen molar-refractivity contribution in [2.75, 3.05) is 19.8 Å². The van der Waals surface area contributed by atoms with Gasteiger partial charge in [-0.15, -0.1) is 0 Å². The third-order valence-corrected chi connectivity index (χ3v) is 4.75. The lowest BCUT2D eigenvalue weighted by Crippen LogP contribution is -2.48. The molecule has 5 nitrogen and oxygen atoms in total. The van der Waals surface area contributed by atoms with E-state index in [0.717, 1.165) is 31.6 Å². The summed E-state index contributed by atoms with van der Waals surface area (Å²) in [7, 11) is 0. The fraction of sp³-hybridized carbons (Fsp3) is 0.667. The first-order valence-corrected chi connectivity index (χ1v) is 8.30. The summed E-state index contributed by atoms with van der Waals surface area (Å²) in [5.74, 6) is 0.460. The molecular formula is C15H24N2O3S. The van der Waals surface area contributed by atoms with E-state index in [2.05, 4.69) is 10.6 Å². The Bertz CT molecular complexity index is 442. The molecule has 0 bridgehead atoms. The minimum absolute atomic E-state index is 0.111. The smallest absolute Gasteiger partial charge is 0.315 e. The first-order chi connectivity index (χ1) is 9.99. The van der Waals surface area contributed by atoms with Crippen molar-refractivity contribution in [2.24, 2.45) is 5.92 Å². The van der Waals surface area contributed by atoms with Crippen LogP contribution < -0.4 is 10.6 Å². The normalized spacial score (nSPS) is 20.5. The molecule has 1 aliphatic heterocycles. The fourth-order valence-corrected chi connectivity index (χ4v) is 3.30. The van der Waals surface area contributed by atoms with Gasteiger partial charge >= 0.3 is 6.03 Å². The summed E-state index contributed by atoms with van der Waals surface area (Å²) in [5.41, 5.74) is -0.218. The van der Waals surface area contributed by atoms with Crippen LogP contribution in [0.15, 0.2) is 16.8 Å². The summed E-state index contributed by atoms with van der Waals surface area (Å²) in [4.78, 5) is 12.0. The number of hydrogen-bond acceptors (Lipinski definition) is 4. The van der Waals surface area contributed by atoms with Gasteiger partial charge in [0.05, 0.1) is 6.54 Å². The maximum Gasteiger partial charge on any atom is 0.315 e. The molecule has 3 N–H and O–H groups in total. The van der Waals surface area contributed by atoms with Gasteiger partial charge in [-0.05, 0) is 55.0 Å². The molecule has 118 valence electrons. The first-order valence-electron chi connectivity index (χ1n) is 7.36. The summed E-state index contributed by atoms with van der Waals surface area (Å²) >= 11 is 1.53. The van der Waals surface area contributed by atoms with Crippen LogP contribution in [-0.4, -0.2) is 36.9 Å². The van der Waals surface area contributed by atoms with Crippen LogP contribution in [0.2, 0.25) is 0 Å². The molecular weight excluding hydrogens is 288 g/mol. The van der Waals surface area contributed by atoms with Crippen LogP contribution in [-0.2, 0) is 10.3 Å². The zero-order valence-electron chi connectivity index (χ0n) is 12.6. The van der Waals surface area contributed by atoms with E-state index in [0.29, 0.717) is 5.92 Å². The molecule has 2 unspecified atom stereocenters. The van der Waals surface area contributed by atoms with E-state index in [9.17, 15) is 9.90 Å². The molecule has 2 amide bonds. The second-order valence-corrected chi connectivity index (χ2v) is 6.63. The van der Waals surface area contributed by atoms with Crippen molar-refractivity contribution in [2.45, 2.75) is 38.3 Å². The SMILES string of the molecule is CC(NC(=O)NCC(C)(O)c1ccsc1)C1CCOCC1. The molecule has 6 heteroatoms. The van der Waals surface area contributed by atoms with Gasteiger partial charge in [-0.25, -0.2) is 4.79 Å². The van der Waals surface area contributed by atoms with Crippen LogP contribution >= 0.6 is 11.3 Å². The largest absolute Gasteiger partial charge is 0.384 e. The van der Waals surface area contributed by atoms with Crippen molar-refractivity contribution in [3.05, 3.63) is 22.4 Å². The van der Waals surface area contributed by atoms with E-state index in [4.69, 9.17) is 4.74 Å². The van der Waals surface area contributed by atoms with Crippen LogP contribution in [0.5, 0.6) is 0 Å². The standard InChI is InChI=1S/C15H24N2O3S/c1-11(12-3-6-20-7-4-12)17-14(18)16-10-15(2,19)13-5-8-21-9-13/h5,8-9,11-12,19H,3-4,6-7,10H2,1-2H3,(H2,16,17,18). The van der Waals surface area contributed by atoms with Crippen molar-refractivity contribution in [3.8, 4) is 0 Å². The van der Waals surface area contributed by atoms with Crippen LogP contribution in [0, 0.1) is 5.92 Å². The Hall–Kier alpha value is -1.11. The highest BCUT2D eigenvalue weighted by molar-refractivity contribution is 7.08. The number of rotatable bonds is 5. The average Bonchev–Trinajstić information content (AvgIpc) is 3.01. The van der Waals surface area contributed by atoms with Crippen LogP contribution in [0.25, 0.3) is 0 Å². The lowest BCUT2D eigenvalue weighted by atomic mass is 9.93. The van der Waals surface area contributed by atoms with Crippen molar-refractivity contribution in [1.82, 2.24) is 10.6 Å². The minimum Gasteiger partial charge on any atom is -0.384 e. The molecule has 0 radical (unpaired) electrons. The van der Waals surface area contributed by atoms with Gasteiger partial charge in [-0.2, -0.15) is 11.3 Å². The number of thiophene rings is 1. The Labute approximate surface area is 129 Å². The topological polar surface area (TPSA) is 70.6 Å². The number of aliphatic hydroxyl groups is 1. The van der Waals surface area contributed by atoms with E-state index in [1.165, 1.54) is 11.3 Å². The van der Waals surface area contributed by atoms with E-state index in [1.807, 2.05) is 23.8 Å². The summed E-state index contributed by atoms with van der Waals surface area (Å²) in [6.45, 7) is 5.45. The molecule has 2 atom stereocenters. The Morgan fingerprint density at radius 2 is 2.29 bits per heavy atom. The van der Waals surface area contributed by atoms with Gasteiger partial charge in [0, 0.05) is 19.3 Å². The van der Waals surface area contributed by atoms with Gasteiger partial charge in [0.2, 0.25) is 0 Å². The molecule has 0 aliphatic carbocycles. The maximum atomic E-state index is 12.0.